The fourth-order valence-electron chi connectivity index (χ4n) is 9.65. The monoisotopic (exact) mass is 711 g/mol. The van der Waals surface area contributed by atoms with Gasteiger partial charge in [-0.2, -0.15) is 0 Å². The van der Waals surface area contributed by atoms with E-state index >= 15 is 0 Å². The molecule has 0 amide bonds. The first-order chi connectivity index (χ1) is 27.8. The molecule has 0 saturated carbocycles. The minimum Gasteiger partial charge on any atom is -0.459 e. The molecule has 0 fully saturated rings. The molecule has 2 nitrogen and oxygen atoms in total. The van der Waals surface area contributed by atoms with Crippen LogP contribution in [0.25, 0.3) is 88.8 Å². The minimum absolute atomic E-state index is 0.528. The summed E-state index contributed by atoms with van der Waals surface area (Å²) in [5.74, 6) is 1.02. The van der Waals surface area contributed by atoms with Gasteiger partial charge in [-0.05, 0) is 96.7 Å². The Labute approximate surface area is 325 Å². The van der Waals surface area contributed by atoms with Crippen LogP contribution in [0, 0.1) is 0 Å². The van der Waals surface area contributed by atoms with Crippen molar-refractivity contribution < 1.29 is 4.42 Å². The average molecular weight is 712 g/mol. The lowest BCUT2D eigenvalue weighted by Gasteiger charge is -2.28. The summed E-state index contributed by atoms with van der Waals surface area (Å²) >= 11 is 0. The molecule has 0 atom stereocenters. The molecule has 2 aliphatic carbocycles. The van der Waals surface area contributed by atoms with E-state index in [1.165, 1.54) is 55.3 Å². The summed E-state index contributed by atoms with van der Waals surface area (Å²) in [5.41, 5.74) is 18.0. The standard InChI is InChI=1S/C54H33NO/c1-2-15-35(16-3-1)49-32-39(33-50(55-49)43-24-13-17-34-14-4-5-20-40(34)43)37-19-12-18-36(30-37)38-28-29-48-45(31-38)52-44-23-8-11-27-51(44)56-53(52)54(48)46-25-9-6-21-41(46)42-22-7-10-26-47(42)54/h1-33H. The molecular formula is C54H33NO. The predicted molar refractivity (Wildman–Crippen MR) is 230 cm³/mol. The third kappa shape index (κ3) is 4.35. The lowest BCUT2D eigenvalue weighted by atomic mass is 9.73. The predicted octanol–water partition coefficient (Wildman–Crippen LogP) is 14.0. The largest absolute Gasteiger partial charge is 0.459 e. The summed E-state index contributed by atoms with van der Waals surface area (Å²) in [6.45, 7) is 0. The normalized spacial score (nSPS) is 13.1. The van der Waals surface area contributed by atoms with E-state index in [-0.39, 0.29) is 0 Å². The van der Waals surface area contributed by atoms with E-state index < -0.39 is 5.41 Å². The lowest BCUT2D eigenvalue weighted by Crippen LogP contribution is -2.25. The number of aromatic nitrogens is 1. The van der Waals surface area contributed by atoms with Crippen molar-refractivity contribution in [3.8, 4) is 67.0 Å². The Hall–Kier alpha value is -7.29. The zero-order valence-corrected chi connectivity index (χ0v) is 30.4. The first-order valence-corrected chi connectivity index (χ1v) is 19.3. The van der Waals surface area contributed by atoms with Crippen LogP contribution in [-0.4, -0.2) is 4.98 Å². The smallest absolute Gasteiger partial charge is 0.135 e. The first-order valence-electron chi connectivity index (χ1n) is 19.3. The number of hydrogen-bond donors (Lipinski definition) is 0. The summed E-state index contributed by atoms with van der Waals surface area (Å²) in [6, 6.07) is 72.3. The molecule has 10 aromatic rings. The van der Waals surface area contributed by atoms with Crippen LogP contribution in [0.1, 0.15) is 22.5 Å². The molecule has 8 aromatic carbocycles. The summed E-state index contributed by atoms with van der Waals surface area (Å²) in [6.07, 6.45) is 0. The molecule has 0 aliphatic heterocycles. The number of benzene rings is 8. The van der Waals surface area contributed by atoms with Crippen molar-refractivity contribution in [1.82, 2.24) is 4.98 Å². The second kappa shape index (κ2) is 11.9. The van der Waals surface area contributed by atoms with Crippen LogP contribution < -0.4 is 0 Å². The lowest BCUT2D eigenvalue weighted by molar-refractivity contribution is 0.507. The molecular weight excluding hydrogens is 679 g/mol. The van der Waals surface area contributed by atoms with E-state index in [2.05, 4.69) is 200 Å². The van der Waals surface area contributed by atoms with Gasteiger partial charge in [-0.1, -0.05) is 170 Å². The van der Waals surface area contributed by atoms with Crippen LogP contribution in [0.5, 0.6) is 0 Å². The van der Waals surface area contributed by atoms with Gasteiger partial charge in [-0.25, -0.2) is 4.98 Å². The zero-order chi connectivity index (χ0) is 36.8. The van der Waals surface area contributed by atoms with Gasteiger partial charge in [0.05, 0.1) is 11.4 Å². The van der Waals surface area contributed by atoms with Crippen molar-refractivity contribution in [2.75, 3.05) is 0 Å². The van der Waals surface area contributed by atoms with Gasteiger partial charge in [-0.3, -0.25) is 0 Å². The number of furan rings is 1. The van der Waals surface area contributed by atoms with E-state index in [0.717, 1.165) is 55.9 Å². The number of rotatable bonds is 4. The highest BCUT2D eigenvalue weighted by Crippen LogP contribution is 2.64. The number of hydrogen-bond acceptors (Lipinski definition) is 2. The van der Waals surface area contributed by atoms with Crippen LogP contribution in [0.2, 0.25) is 0 Å². The summed E-state index contributed by atoms with van der Waals surface area (Å²) in [4.78, 5) is 5.27. The third-order valence-electron chi connectivity index (χ3n) is 12.1. The Kier molecular flexibility index (Phi) is 6.58. The molecule has 2 aromatic heterocycles. The van der Waals surface area contributed by atoms with Crippen LogP contribution in [0.15, 0.2) is 205 Å². The molecule has 2 heterocycles. The van der Waals surface area contributed by atoms with Gasteiger partial charge >= 0.3 is 0 Å². The zero-order valence-electron chi connectivity index (χ0n) is 30.4. The van der Waals surface area contributed by atoms with Crippen molar-refractivity contribution in [3.63, 3.8) is 0 Å². The van der Waals surface area contributed by atoms with Gasteiger partial charge in [0.15, 0.2) is 0 Å². The van der Waals surface area contributed by atoms with Gasteiger partial charge in [0.1, 0.15) is 16.8 Å². The fraction of sp³-hybridized carbons (Fsp3) is 0.0185. The fourth-order valence-corrected chi connectivity index (χ4v) is 9.65. The minimum atomic E-state index is -0.528. The Morgan fingerprint density at radius 3 is 1.75 bits per heavy atom. The average Bonchev–Trinajstić information content (AvgIpc) is 3.90. The van der Waals surface area contributed by atoms with Crippen molar-refractivity contribution in [2.24, 2.45) is 0 Å². The second-order valence-corrected chi connectivity index (χ2v) is 15.0. The second-order valence-electron chi connectivity index (χ2n) is 15.0. The third-order valence-corrected chi connectivity index (χ3v) is 12.1. The van der Waals surface area contributed by atoms with Gasteiger partial charge in [-0.15, -0.1) is 0 Å². The molecule has 0 N–H and O–H groups in total. The highest BCUT2D eigenvalue weighted by molar-refractivity contribution is 6.05. The van der Waals surface area contributed by atoms with E-state index in [4.69, 9.17) is 9.40 Å². The van der Waals surface area contributed by atoms with Gasteiger partial charge in [0.25, 0.3) is 0 Å². The van der Waals surface area contributed by atoms with Crippen LogP contribution in [0.4, 0.5) is 0 Å². The van der Waals surface area contributed by atoms with E-state index in [9.17, 15) is 0 Å². The molecule has 12 rings (SSSR count). The maximum Gasteiger partial charge on any atom is 0.135 e. The highest BCUT2D eigenvalue weighted by Gasteiger charge is 2.54. The number of pyridine rings is 1. The van der Waals surface area contributed by atoms with Gasteiger partial charge in [0, 0.05) is 22.1 Å². The van der Waals surface area contributed by atoms with E-state index in [0.29, 0.717) is 0 Å². The number of fused-ring (bicyclic) bond motifs is 13. The Bertz CT molecular complexity index is 3150. The quantitative estimate of drug-likeness (QED) is 0.182. The molecule has 260 valence electrons. The van der Waals surface area contributed by atoms with Crippen molar-refractivity contribution >= 4 is 21.7 Å². The Morgan fingerprint density at radius 2 is 0.929 bits per heavy atom. The molecule has 0 radical (unpaired) electrons. The summed E-state index contributed by atoms with van der Waals surface area (Å²) in [7, 11) is 0. The molecule has 0 unspecified atom stereocenters. The topological polar surface area (TPSA) is 26.0 Å². The van der Waals surface area contributed by atoms with E-state index in [1.807, 2.05) is 0 Å². The van der Waals surface area contributed by atoms with Crippen molar-refractivity contribution in [3.05, 3.63) is 223 Å². The Morgan fingerprint density at radius 1 is 0.357 bits per heavy atom. The SMILES string of the molecule is c1ccc(-c2cc(-c3cccc(-c4ccc5c(c4)-c4c(oc6ccccc46)C54c5ccccc5-c5ccccc54)c3)cc(-c3cccc4ccccc34)n2)cc1. The Balaban J connectivity index is 1.05. The molecule has 2 aliphatic rings. The molecule has 1 spiro atoms. The van der Waals surface area contributed by atoms with Gasteiger partial charge in [0.2, 0.25) is 0 Å². The van der Waals surface area contributed by atoms with Crippen LogP contribution in [0.3, 0.4) is 0 Å². The number of para-hydroxylation sites is 1. The van der Waals surface area contributed by atoms with E-state index in [1.54, 1.807) is 0 Å². The maximum atomic E-state index is 6.98. The first kappa shape index (κ1) is 31.1. The maximum absolute atomic E-state index is 6.98. The summed E-state index contributed by atoms with van der Waals surface area (Å²) in [5, 5.41) is 3.55. The number of nitrogens with zero attached hydrogens (tertiary/aromatic N) is 1. The van der Waals surface area contributed by atoms with Crippen molar-refractivity contribution in [1.29, 1.82) is 0 Å². The molecule has 56 heavy (non-hydrogen) atoms. The molecule has 0 saturated heterocycles. The molecule has 2 heteroatoms. The van der Waals surface area contributed by atoms with Gasteiger partial charge < -0.3 is 4.42 Å². The van der Waals surface area contributed by atoms with Crippen LogP contribution >= 0.6 is 0 Å². The van der Waals surface area contributed by atoms with Crippen molar-refractivity contribution in [2.45, 2.75) is 5.41 Å². The molecule has 0 bridgehead atoms. The highest BCUT2D eigenvalue weighted by atomic mass is 16.3. The van der Waals surface area contributed by atoms with Crippen LogP contribution in [-0.2, 0) is 5.41 Å². The summed E-state index contributed by atoms with van der Waals surface area (Å²) < 4.78 is 6.98.